The van der Waals surface area contributed by atoms with Gasteiger partial charge in [0.2, 0.25) is 0 Å². The minimum absolute atomic E-state index is 0.0343. The van der Waals surface area contributed by atoms with Gasteiger partial charge < -0.3 is 10.2 Å². The van der Waals surface area contributed by atoms with Gasteiger partial charge in [-0.15, -0.1) is 0 Å². The summed E-state index contributed by atoms with van der Waals surface area (Å²) < 4.78 is 0. The predicted molar refractivity (Wildman–Crippen MR) is 114 cm³/mol. The zero-order valence-corrected chi connectivity index (χ0v) is 17.2. The van der Waals surface area contributed by atoms with E-state index in [9.17, 15) is 4.79 Å². The SMILES string of the molecule is CNC(=O)c1ccc(-c2ccc(C(C)(C)N3CCN4CCC3CC4)cc2)cc1. The molecule has 0 radical (unpaired) electrons. The summed E-state index contributed by atoms with van der Waals surface area (Å²) in [6, 6.07) is 17.5. The lowest BCUT2D eigenvalue weighted by atomic mass is 9.88. The fourth-order valence-electron chi connectivity index (χ4n) is 4.82. The Labute approximate surface area is 168 Å². The summed E-state index contributed by atoms with van der Waals surface area (Å²) in [5.74, 6) is -0.0495. The van der Waals surface area contributed by atoms with Gasteiger partial charge in [0.15, 0.2) is 0 Å². The minimum Gasteiger partial charge on any atom is -0.355 e. The molecule has 0 aliphatic carbocycles. The second-order valence-corrected chi connectivity index (χ2v) is 8.56. The van der Waals surface area contributed by atoms with E-state index >= 15 is 0 Å². The van der Waals surface area contributed by atoms with Crippen LogP contribution in [0.25, 0.3) is 11.1 Å². The molecule has 1 N–H and O–H groups in total. The number of rotatable bonds is 4. The molecule has 4 nitrogen and oxygen atoms in total. The van der Waals surface area contributed by atoms with E-state index in [0.717, 1.165) is 12.1 Å². The third-order valence-corrected chi connectivity index (χ3v) is 6.67. The number of carbonyl (C=O) groups excluding carboxylic acids is 1. The summed E-state index contributed by atoms with van der Waals surface area (Å²) in [5, 5.41) is 2.66. The summed E-state index contributed by atoms with van der Waals surface area (Å²) in [6.45, 7) is 9.59. The van der Waals surface area contributed by atoms with Crippen molar-refractivity contribution in [3.8, 4) is 11.1 Å². The molecule has 3 heterocycles. The van der Waals surface area contributed by atoms with Gasteiger partial charge in [-0.1, -0.05) is 36.4 Å². The Bertz CT molecular complexity index is 818. The van der Waals surface area contributed by atoms with E-state index in [2.05, 4.69) is 53.2 Å². The van der Waals surface area contributed by atoms with Crippen LogP contribution in [-0.2, 0) is 5.54 Å². The molecular formula is C24H31N3O. The molecule has 1 amide bonds. The van der Waals surface area contributed by atoms with Crippen LogP contribution < -0.4 is 5.32 Å². The molecular weight excluding hydrogens is 346 g/mol. The van der Waals surface area contributed by atoms with Crippen molar-refractivity contribution in [3.63, 3.8) is 0 Å². The van der Waals surface area contributed by atoms with Crippen molar-refractivity contribution in [2.24, 2.45) is 0 Å². The Morgan fingerprint density at radius 3 is 2.04 bits per heavy atom. The quantitative estimate of drug-likeness (QED) is 0.882. The van der Waals surface area contributed by atoms with Crippen LogP contribution in [0.1, 0.15) is 42.6 Å². The summed E-state index contributed by atoms with van der Waals surface area (Å²) >= 11 is 0. The van der Waals surface area contributed by atoms with Crippen LogP contribution in [0.3, 0.4) is 0 Å². The number of benzene rings is 2. The molecule has 3 aliphatic heterocycles. The van der Waals surface area contributed by atoms with E-state index in [4.69, 9.17) is 0 Å². The van der Waals surface area contributed by atoms with Gasteiger partial charge in [0.25, 0.3) is 5.91 Å². The maximum Gasteiger partial charge on any atom is 0.251 e. The number of nitrogens with zero attached hydrogens (tertiary/aromatic N) is 2. The maximum atomic E-state index is 11.7. The highest BCUT2D eigenvalue weighted by Crippen LogP contribution is 2.35. The van der Waals surface area contributed by atoms with Crippen molar-refractivity contribution in [1.82, 2.24) is 15.1 Å². The van der Waals surface area contributed by atoms with Crippen molar-refractivity contribution in [3.05, 3.63) is 59.7 Å². The first-order valence-electron chi connectivity index (χ1n) is 10.4. The topological polar surface area (TPSA) is 35.6 Å². The van der Waals surface area contributed by atoms with Crippen LogP contribution in [0.5, 0.6) is 0 Å². The summed E-state index contributed by atoms with van der Waals surface area (Å²) in [4.78, 5) is 17.1. The fourth-order valence-corrected chi connectivity index (χ4v) is 4.82. The van der Waals surface area contributed by atoms with Gasteiger partial charge in [-0.05, 0) is 68.6 Å². The molecule has 2 bridgehead atoms. The monoisotopic (exact) mass is 377 g/mol. The Kier molecular flexibility index (Phi) is 5.26. The molecule has 3 fully saturated rings. The van der Waals surface area contributed by atoms with Crippen molar-refractivity contribution >= 4 is 5.91 Å². The number of fused-ring (bicyclic) bond motifs is 4. The highest BCUT2D eigenvalue weighted by atomic mass is 16.1. The number of piperidine rings is 1. The molecule has 5 rings (SSSR count). The van der Waals surface area contributed by atoms with E-state index in [1.807, 2.05) is 24.3 Å². The minimum atomic E-state index is -0.0495. The van der Waals surface area contributed by atoms with Gasteiger partial charge in [-0.25, -0.2) is 0 Å². The van der Waals surface area contributed by atoms with Crippen molar-refractivity contribution in [2.75, 3.05) is 33.2 Å². The van der Waals surface area contributed by atoms with Crippen LogP contribution in [0.4, 0.5) is 0 Å². The molecule has 4 heteroatoms. The normalized spacial score (nSPS) is 22.7. The van der Waals surface area contributed by atoms with Gasteiger partial charge in [0.05, 0.1) is 0 Å². The second kappa shape index (κ2) is 7.69. The molecule has 3 saturated heterocycles. The largest absolute Gasteiger partial charge is 0.355 e. The van der Waals surface area contributed by atoms with Crippen LogP contribution >= 0.6 is 0 Å². The second-order valence-electron chi connectivity index (χ2n) is 8.56. The molecule has 0 atom stereocenters. The van der Waals surface area contributed by atoms with E-state index in [1.54, 1.807) is 7.05 Å². The van der Waals surface area contributed by atoms with Gasteiger partial charge in [0, 0.05) is 37.3 Å². The van der Waals surface area contributed by atoms with Gasteiger partial charge >= 0.3 is 0 Å². The standard InChI is InChI=1S/C24H31N3O/c1-24(2,27-17-16-26-14-12-22(27)13-15-26)21-10-8-19(9-11-21)18-4-6-20(7-5-18)23(28)25-3/h4-11,22H,12-17H2,1-3H3,(H,25,28). The third-order valence-electron chi connectivity index (χ3n) is 6.67. The van der Waals surface area contributed by atoms with Crippen molar-refractivity contribution in [1.29, 1.82) is 0 Å². The van der Waals surface area contributed by atoms with Crippen LogP contribution in [-0.4, -0.2) is 55.0 Å². The average Bonchev–Trinajstić information content (AvgIpc) is 3.08. The maximum absolute atomic E-state index is 11.7. The number of hydrogen-bond acceptors (Lipinski definition) is 3. The summed E-state index contributed by atoms with van der Waals surface area (Å²) in [7, 11) is 1.66. The fraction of sp³-hybridized carbons (Fsp3) is 0.458. The van der Waals surface area contributed by atoms with Gasteiger partial charge in [0.1, 0.15) is 0 Å². The van der Waals surface area contributed by atoms with Crippen LogP contribution in [0.2, 0.25) is 0 Å². The predicted octanol–water partition coefficient (Wildman–Crippen LogP) is 3.73. The number of nitrogens with one attached hydrogen (secondary N) is 1. The highest BCUT2D eigenvalue weighted by Gasteiger charge is 2.38. The number of hydrogen-bond donors (Lipinski definition) is 1. The first-order valence-corrected chi connectivity index (χ1v) is 10.4. The third kappa shape index (κ3) is 3.59. The number of carbonyl (C=O) groups is 1. The van der Waals surface area contributed by atoms with Crippen LogP contribution in [0.15, 0.2) is 48.5 Å². The molecule has 2 aromatic rings. The molecule has 0 spiro atoms. The lowest BCUT2D eigenvalue weighted by Crippen LogP contribution is -2.48. The molecule has 148 valence electrons. The molecule has 28 heavy (non-hydrogen) atoms. The highest BCUT2D eigenvalue weighted by molar-refractivity contribution is 5.94. The molecule has 2 aromatic carbocycles. The first-order chi connectivity index (χ1) is 13.5. The van der Waals surface area contributed by atoms with E-state index in [0.29, 0.717) is 11.6 Å². The van der Waals surface area contributed by atoms with Gasteiger partial charge in [-0.3, -0.25) is 9.69 Å². The molecule has 0 unspecified atom stereocenters. The van der Waals surface area contributed by atoms with E-state index in [-0.39, 0.29) is 11.4 Å². The lowest BCUT2D eigenvalue weighted by molar-refractivity contribution is 0.0702. The van der Waals surface area contributed by atoms with Crippen LogP contribution in [0, 0.1) is 0 Å². The van der Waals surface area contributed by atoms with E-state index < -0.39 is 0 Å². The lowest BCUT2D eigenvalue weighted by Gasteiger charge is -2.43. The Morgan fingerprint density at radius 1 is 0.893 bits per heavy atom. The zero-order chi connectivity index (χ0) is 19.7. The molecule has 0 saturated carbocycles. The van der Waals surface area contributed by atoms with Gasteiger partial charge in [-0.2, -0.15) is 0 Å². The Balaban J connectivity index is 1.54. The Morgan fingerprint density at radius 2 is 1.46 bits per heavy atom. The summed E-state index contributed by atoms with van der Waals surface area (Å²) in [5.41, 5.74) is 4.42. The zero-order valence-electron chi connectivity index (χ0n) is 17.2. The average molecular weight is 378 g/mol. The van der Waals surface area contributed by atoms with Crippen molar-refractivity contribution < 1.29 is 4.79 Å². The smallest absolute Gasteiger partial charge is 0.251 e. The Hall–Kier alpha value is -2.17. The first kappa shape index (κ1) is 19.2. The van der Waals surface area contributed by atoms with E-state index in [1.165, 1.54) is 43.6 Å². The summed E-state index contributed by atoms with van der Waals surface area (Å²) in [6.07, 6.45) is 2.58. The number of amides is 1. The molecule has 3 aliphatic rings. The van der Waals surface area contributed by atoms with Crippen molar-refractivity contribution in [2.45, 2.75) is 38.3 Å². The molecule has 0 aromatic heterocycles.